The van der Waals surface area contributed by atoms with Crippen molar-refractivity contribution < 1.29 is 31.4 Å². The van der Waals surface area contributed by atoms with Crippen molar-refractivity contribution in [2.24, 2.45) is 0 Å². The topological polar surface area (TPSA) is 32.3 Å². The Morgan fingerprint density at radius 3 is 1.46 bits per heavy atom. The van der Waals surface area contributed by atoms with E-state index in [9.17, 15) is 26.3 Å². The lowest BCUT2D eigenvalue weighted by Gasteiger charge is -2.26. The molecule has 0 saturated heterocycles. The number of likely N-dealkylation sites (N-methyl/N-ethyl adjacent to an activating group) is 1. The predicted molar refractivity (Wildman–Crippen MR) is 31.0 cm³/mol. The quantitative estimate of drug-likeness (QED) is 0.669. The Morgan fingerprint density at radius 1 is 1.00 bits per heavy atom. The minimum Gasteiger partial charge on any atom is -0.382 e. The number of aliphatic hydroxyl groups excluding tert-OH is 1. The molecule has 0 amide bonds. The van der Waals surface area contributed by atoms with Crippen LogP contribution in [0.4, 0.5) is 26.3 Å². The van der Waals surface area contributed by atoms with Crippen LogP contribution in [0.5, 0.6) is 0 Å². The molecule has 0 heterocycles. The zero-order valence-electron chi connectivity index (χ0n) is 6.37. The fourth-order valence-electron chi connectivity index (χ4n) is 0.690. The molecule has 0 bridgehead atoms. The molecule has 0 aliphatic heterocycles. The van der Waals surface area contributed by atoms with Gasteiger partial charge in [0.15, 0.2) is 6.10 Å². The van der Waals surface area contributed by atoms with Crippen molar-refractivity contribution in [3.8, 4) is 0 Å². The number of halogens is 6. The van der Waals surface area contributed by atoms with E-state index >= 15 is 0 Å². The van der Waals surface area contributed by atoms with Gasteiger partial charge >= 0.3 is 12.4 Å². The summed E-state index contributed by atoms with van der Waals surface area (Å²) < 4.78 is 70.2. The highest BCUT2D eigenvalue weighted by Crippen LogP contribution is 2.30. The van der Waals surface area contributed by atoms with Crippen LogP contribution in [0.2, 0.25) is 0 Å². The highest BCUT2D eigenvalue weighted by Gasteiger charge is 2.53. The minimum absolute atomic E-state index is 0.688. The summed E-state index contributed by atoms with van der Waals surface area (Å²) in [5.74, 6) is 0. The van der Waals surface area contributed by atoms with Crippen LogP contribution in [-0.4, -0.2) is 36.7 Å². The molecule has 2 unspecified atom stereocenters. The van der Waals surface area contributed by atoms with E-state index in [4.69, 9.17) is 5.11 Å². The van der Waals surface area contributed by atoms with Crippen LogP contribution < -0.4 is 5.32 Å². The number of nitrogens with one attached hydrogen (secondary N) is 1. The Morgan fingerprint density at radius 2 is 1.38 bits per heavy atom. The molecular weight excluding hydrogens is 204 g/mol. The average molecular weight is 211 g/mol. The zero-order chi connectivity index (χ0) is 10.9. The number of aliphatic hydroxyl groups is 1. The number of hydrogen-bond acceptors (Lipinski definition) is 2. The molecule has 0 fully saturated rings. The molecule has 0 aromatic rings. The lowest BCUT2D eigenvalue weighted by atomic mass is 10.1. The first kappa shape index (κ1) is 12.5. The van der Waals surface area contributed by atoms with Crippen LogP contribution in [0, 0.1) is 0 Å². The van der Waals surface area contributed by atoms with Gasteiger partial charge < -0.3 is 10.4 Å². The molecule has 2 atom stereocenters. The minimum atomic E-state index is -5.29. The fourth-order valence-corrected chi connectivity index (χ4v) is 0.690. The summed E-state index contributed by atoms with van der Waals surface area (Å²) in [4.78, 5) is 0. The summed E-state index contributed by atoms with van der Waals surface area (Å²) in [5, 5.41) is 9.63. The Labute approximate surface area is 69.5 Å². The maximum absolute atomic E-state index is 11.8. The van der Waals surface area contributed by atoms with E-state index in [1.807, 2.05) is 0 Å². The first-order chi connectivity index (χ1) is 5.60. The Kier molecular flexibility index (Phi) is 3.56. The molecule has 0 spiro atoms. The van der Waals surface area contributed by atoms with Gasteiger partial charge in [0.2, 0.25) is 0 Å². The summed E-state index contributed by atoms with van der Waals surface area (Å²) in [7, 11) is 0.688. The molecular formula is C5H7F6NO. The van der Waals surface area contributed by atoms with Crippen molar-refractivity contribution in [3.63, 3.8) is 0 Å². The van der Waals surface area contributed by atoms with E-state index in [0.717, 1.165) is 0 Å². The van der Waals surface area contributed by atoms with Crippen molar-refractivity contribution in [2.45, 2.75) is 24.5 Å². The third kappa shape index (κ3) is 3.39. The monoisotopic (exact) mass is 211 g/mol. The first-order valence-corrected chi connectivity index (χ1v) is 3.09. The summed E-state index contributed by atoms with van der Waals surface area (Å²) in [6.07, 6.45) is -13.9. The molecule has 0 aliphatic rings. The van der Waals surface area contributed by atoms with E-state index < -0.39 is 24.5 Å². The van der Waals surface area contributed by atoms with E-state index in [1.165, 1.54) is 5.32 Å². The molecule has 0 saturated carbocycles. The lowest BCUT2D eigenvalue weighted by Crippen LogP contribution is -2.54. The van der Waals surface area contributed by atoms with Crippen molar-refractivity contribution >= 4 is 0 Å². The largest absolute Gasteiger partial charge is 0.416 e. The number of alkyl halides is 6. The summed E-state index contributed by atoms with van der Waals surface area (Å²) >= 11 is 0. The molecule has 2 N–H and O–H groups in total. The Bertz CT molecular complexity index is 163. The van der Waals surface area contributed by atoms with Gasteiger partial charge in [-0.05, 0) is 7.05 Å². The van der Waals surface area contributed by atoms with Crippen molar-refractivity contribution in [2.75, 3.05) is 7.05 Å². The van der Waals surface area contributed by atoms with Gasteiger partial charge in [0.05, 0.1) is 0 Å². The van der Waals surface area contributed by atoms with Gasteiger partial charge in [0, 0.05) is 0 Å². The van der Waals surface area contributed by atoms with Crippen LogP contribution in [0.1, 0.15) is 0 Å². The van der Waals surface area contributed by atoms with Crippen molar-refractivity contribution in [1.82, 2.24) is 5.32 Å². The molecule has 0 aromatic carbocycles. The van der Waals surface area contributed by atoms with Gasteiger partial charge in [0.25, 0.3) is 0 Å². The predicted octanol–water partition coefficient (Wildman–Crippen LogP) is 1.06. The van der Waals surface area contributed by atoms with E-state index in [1.54, 1.807) is 0 Å². The van der Waals surface area contributed by atoms with E-state index in [0.29, 0.717) is 7.05 Å². The van der Waals surface area contributed by atoms with Crippen LogP contribution in [-0.2, 0) is 0 Å². The van der Waals surface area contributed by atoms with Gasteiger partial charge in [-0.15, -0.1) is 0 Å². The Balaban J connectivity index is 4.61. The molecule has 13 heavy (non-hydrogen) atoms. The fraction of sp³-hybridized carbons (Fsp3) is 1.00. The van der Waals surface area contributed by atoms with Gasteiger partial charge in [-0.25, -0.2) is 0 Å². The molecule has 0 rings (SSSR count). The molecule has 0 aliphatic carbocycles. The second-order valence-corrected chi connectivity index (χ2v) is 2.29. The molecule has 2 nitrogen and oxygen atoms in total. The molecule has 80 valence electrons. The van der Waals surface area contributed by atoms with Crippen LogP contribution >= 0.6 is 0 Å². The van der Waals surface area contributed by atoms with Gasteiger partial charge in [-0.2, -0.15) is 26.3 Å². The first-order valence-electron chi connectivity index (χ1n) is 3.09. The third-order valence-electron chi connectivity index (χ3n) is 1.31. The standard InChI is InChI=1S/C5H7F6NO/c1-12-2(4(6,7)8)3(13)5(9,10)11/h2-3,12-13H,1H3. The van der Waals surface area contributed by atoms with Crippen molar-refractivity contribution in [1.29, 1.82) is 0 Å². The zero-order valence-corrected chi connectivity index (χ0v) is 6.37. The molecule has 0 aromatic heterocycles. The highest BCUT2D eigenvalue weighted by atomic mass is 19.4. The highest BCUT2D eigenvalue weighted by molar-refractivity contribution is 4.85. The maximum atomic E-state index is 11.8. The average Bonchev–Trinajstić information content (AvgIpc) is 1.83. The molecule has 8 heteroatoms. The summed E-state index contributed by atoms with van der Waals surface area (Å²) in [5.41, 5.74) is 0. The second-order valence-electron chi connectivity index (χ2n) is 2.29. The Hall–Kier alpha value is -0.500. The summed E-state index contributed by atoms with van der Waals surface area (Å²) in [6, 6.07) is -2.99. The smallest absolute Gasteiger partial charge is 0.382 e. The van der Waals surface area contributed by atoms with Crippen molar-refractivity contribution in [3.05, 3.63) is 0 Å². The van der Waals surface area contributed by atoms with Gasteiger partial charge in [0.1, 0.15) is 6.04 Å². The number of rotatable bonds is 2. The van der Waals surface area contributed by atoms with E-state index in [2.05, 4.69) is 0 Å². The van der Waals surface area contributed by atoms with Crippen LogP contribution in [0.15, 0.2) is 0 Å². The lowest BCUT2D eigenvalue weighted by molar-refractivity contribution is -0.256. The SMILES string of the molecule is CNC(C(O)C(F)(F)F)C(F)(F)F. The van der Waals surface area contributed by atoms with Crippen LogP contribution in [0.3, 0.4) is 0 Å². The number of hydrogen-bond donors (Lipinski definition) is 2. The van der Waals surface area contributed by atoms with Crippen LogP contribution in [0.25, 0.3) is 0 Å². The van der Waals surface area contributed by atoms with Gasteiger partial charge in [-0.3, -0.25) is 0 Å². The van der Waals surface area contributed by atoms with E-state index in [-0.39, 0.29) is 0 Å². The normalized spacial score (nSPS) is 18.5. The maximum Gasteiger partial charge on any atom is 0.416 e. The van der Waals surface area contributed by atoms with Gasteiger partial charge in [-0.1, -0.05) is 0 Å². The molecule has 0 radical (unpaired) electrons. The third-order valence-corrected chi connectivity index (χ3v) is 1.31. The second kappa shape index (κ2) is 3.70. The summed E-state index contributed by atoms with van der Waals surface area (Å²) in [6.45, 7) is 0.